The van der Waals surface area contributed by atoms with Crippen LogP contribution in [0.1, 0.15) is 39.0 Å². The van der Waals surface area contributed by atoms with Crippen LogP contribution in [0.5, 0.6) is 0 Å². The minimum absolute atomic E-state index is 0.00503. The van der Waals surface area contributed by atoms with Gasteiger partial charge in [-0.1, -0.05) is 19.8 Å². The standard InChI is InChI=1S/C12H22F3NO/c1-2-7-16(9-12(13,14)15)8-11(10-17)5-3-4-6-11/h17H,2-10H2,1H3. The van der Waals surface area contributed by atoms with Crippen LogP contribution in [0.4, 0.5) is 13.2 Å². The third kappa shape index (κ3) is 4.84. The van der Waals surface area contributed by atoms with Gasteiger partial charge in [0.2, 0.25) is 0 Å². The lowest BCUT2D eigenvalue weighted by Gasteiger charge is -2.34. The minimum Gasteiger partial charge on any atom is -0.396 e. The molecule has 0 aliphatic heterocycles. The molecule has 0 aromatic rings. The summed E-state index contributed by atoms with van der Waals surface area (Å²) in [5, 5.41) is 9.42. The van der Waals surface area contributed by atoms with Crippen LogP contribution in [0.15, 0.2) is 0 Å². The largest absolute Gasteiger partial charge is 0.401 e. The van der Waals surface area contributed by atoms with Crippen LogP contribution in [-0.2, 0) is 0 Å². The van der Waals surface area contributed by atoms with Gasteiger partial charge in [0.1, 0.15) is 0 Å². The van der Waals surface area contributed by atoms with E-state index < -0.39 is 12.7 Å². The fraction of sp³-hybridized carbons (Fsp3) is 1.00. The van der Waals surface area contributed by atoms with Crippen molar-refractivity contribution in [2.24, 2.45) is 5.41 Å². The number of aliphatic hydroxyl groups is 1. The molecule has 102 valence electrons. The van der Waals surface area contributed by atoms with E-state index in [0.717, 1.165) is 25.7 Å². The zero-order valence-corrected chi connectivity index (χ0v) is 10.4. The van der Waals surface area contributed by atoms with Gasteiger partial charge in [0.25, 0.3) is 0 Å². The number of halogens is 3. The van der Waals surface area contributed by atoms with Crippen molar-refractivity contribution < 1.29 is 18.3 Å². The van der Waals surface area contributed by atoms with Gasteiger partial charge in [0.15, 0.2) is 0 Å². The van der Waals surface area contributed by atoms with E-state index in [-0.39, 0.29) is 12.0 Å². The third-order valence-corrected chi connectivity index (χ3v) is 3.50. The van der Waals surface area contributed by atoms with Gasteiger partial charge in [0, 0.05) is 18.6 Å². The summed E-state index contributed by atoms with van der Waals surface area (Å²) < 4.78 is 37.3. The van der Waals surface area contributed by atoms with Crippen LogP contribution in [0, 0.1) is 5.41 Å². The highest BCUT2D eigenvalue weighted by atomic mass is 19.4. The van der Waals surface area contributed by atoms with Crippen molar-refractivity contribution in [2.75, 3.05) is 26.2 Å². The Balaban J connectivity index is 2.58. The molecule has 0 aromatic heterocycles. The molecule has 0 saturated heterocycles. The summed E-state index contributed by atoms with van der Waals surface area (Å²) in [4.78, 5) is 1.45. The first-order chi connectivity index (χ1) is 7.91. The Bertz CT molecular complexity index is 224. The van der Waals surface area contributed by atoms with E-state index >= 15 is 0 Å². The zero-order valence-electron chi connectivity index (χ0n) is 10.4. The van der Waals surface area contributed by atoms with Crippen LogP contribution in [0.3, 0.4) is 0 Å². The Morgan fingerprint density at radius 3 is 2.24 bits per heavy atom. The summed E-state index contributed by atoms with van der Waals surface area (Å²) >= 11 is 0. The second-order valence-corrected chi connectivity index (χ2v) is 5.19. The van der Waals surface area contributed by atoms with Gasteiger partial charge in [-0.25, -0.2) is 0 Å². The van der Waals surface area contributed by atoms with E-state index in [1.165, 1.54) is 4.90 Å². The summed E-state index contributed by atoms with van der Waals surface area (Å²) in [7, 11) is 0. The maximum absolute atomic E-state index is 12.4. The maximum atomic E-state index is 12.4. The number of hydrogen-bond donors (Lipinski definition) is 1. The quantitative estimate of drug-likeness (QED) is 0.787. The van der Waals surface area contributed by atoms with E-state index in [4.69, 9.17) is 0 Å². The molecule has 0 spiro atoms. The number of aliphatic hydroxyl groups excluding tert-OH is 1. The van der Waals surface area contributed by atoms with Gasteiger partial charge in [-0.15, -0.1) is 0 Å². The van der Waals surface area contributed by atoms with Crippen molar-refractivity contribution in [3.63, 3.8) is 0 Å². The molecule has 1 fully saturated rings. The van der Waals surface area contributed by atoms with Crippen LogP contribution >= 0.6 is 0 Å². The molecule has 1 aliphatic rings. The van der Waals surface area contributed by atoms with Crippen molar-refractivity contribution in [1.29, 1.82) is 0 Å². The molecule has 0 bridgehead atoms. The summed E-state index contributed by atoms with van der Waals surface area (Å²) in [6.07, 6.45) is 0.296. The topological polar surface area (TPSA) is 23.5 Å². The van der Waals surface area contributed by atoms with Crippen molar-refractivity contribution in [1.82, 2.24) is 4.90 Å². The van der Waals surface area contributed by atoms with Gasteiger partial charge < -0.3 is 5.11 Å². The van der Waals surface area contributed by atoms with Gasteiger partial charge in [0.05, 0.1) is 6.54 Å². The van der Waals surface area contributed by atoms with Gasteiger partial charge >= 0.3 is 6.18 Å². The van der Waals surface area contributed by atoms with Crippen molar-refractivity contribution in [3.05, 3.63) is 0 Å². The summed E-state index contributed by atoms with van der Waals surface area (Å²) in [5.41, 5.74) is -0.291. The molecule has 0 unspecified atom stereocenters. The van der Waals surface area contributed by atoms with Crippen LogP contribution in [-0.4, -0.2) is 42.4 Å². The minimum atomic E-state index is -4.15. The maximum Gasteiger partial charge on any atom is 0.401 e. The number of hydrogen-bond acceptors (Lipinski definition) is 2. The molecule has 0 radical (unpaired) electrons. The Hall–Kier alpha value is -0.290. The molecule has 1 rings (SSSR count). The molecule has 0 amide bonds. The average molecular weight is 253 g/mol. The molecular weight excluding hydrogens is 231 g/mol. The van der Waals surface area contributed by atoms with Gasteiger partial charge in [-0.05, 0) is 25.8 Å². The SMILES string of the molecule is CCCN(CC(F)(F)F)CC1(CO)CCCC1. The monoisotopic (exact) mass is 253 g/mol. The highest BCUT2D eigenvalue weighted by Gasteiger charge is 2.38. The molecular formula is C12H22F3NO. The van der Waals surface area contributed by atoms with E-state index in [1.54, 1.807) is 0 Å². The second-order valence-electron chi connectivity index (χ2n) is 5.19. The van der Waals surface area contributed by atoms with E-state index in [0.29, 0.717) is 19.5 Å². The number of nitrogens with zero attached hydrogens (tertiary/aromatic N) is 1. The fourth-order valence-electron chi connectivity index (χ4n) is 2.75. The molecule has 0 heterocycles. The van der Waals surface area contributed by atoms with Crippen LogP contribution in [0.25, 0.3) is 0 Å². The van der Waals surface area contributed by atoms with Crippen LogP contribution < -0.4 is 0 Å². The van der Waals surface area contributed by atoms with E-state index in [1.807, 2.05) is 6.92 Å². The van der Waals surface area contributed by atoms with Gasteiger partial charge in [-0.3, -0.25) is 4.90 Å². The Labute approximate surface area is 101 Å². The Morgan fingerprint density at radius 1 is 1.24 bits per heavy atom. The van der Waals surface area contributed by atoms with Crippen molar-refractivity contribution >= 4 is 0 Å². The first kappa shape index (κ1) is 14.8. The lowest BCUT2D eigenvalue weighted by atomic mass is 9.86. The highest BCUT2D eigenvalue weighted by Crippen LogP contribution is 2.38. The zero-order chi connectivity index (χ0) is 12.9. The normalized spacial score (nSPS) is 20.1. The highest BCUT2D eigenvalue weighted by molar-refractivity contribution is 4.87. The molecule has 1 N–H and O–H groups in total. The smallest absolute Gasteiger partial charge is 0.396 e. The number of rotatable bonds is 6. The predicted octanol–water partition coefficient (Wildman–Crippen LogP) is 2.81. The summed E-state index contributed by atoms with van der Waals surface area (Å²) in [6.45, 7) is 1.84. The predicted molar refractivity (Wildman–Crippen MR) is 60.8 cm³/mol. The van der Waals surface area contributed by atoms with Crippen LogP contribution in [0.2, 0.25) is 0 Å². The average Bonchev–Trinajstić information content (AvgIpc) is 2.65. The Morgan fingerprint density at radius 2 is 1.82 bits per heavy atom. The fourth-order valence-corrected chi connectivity index (χ4v) is 2.75. The summed E-state index contributed by atoms with van der Waals surface area (Å²) in [6, 6.07) is 0. The van der Waals surface area contributed by atoms with Gasteiger partial charge in [-0.2, -0.15) is 13.2 Å². The molecule has 1 saturated carbocycles. The lowest BCUT2D eigenvalue weighted by Crippen LogP contribution is -2.43. The molecule has 2 nitrogen and oxygen atoms in total. The van der Waals surface area contributed by atoms with E-state index in [2.05, 4.69) is 0 Å². The second kappa shape index (κ2) is 6.05. The molecule has 17 heavy (non-hydrogen) atoms. The lowest BCUT2D eigenvalue weighted by molar-refractivity contribution is -0.150. The van der Waals surface area contributed by atoms with Crippen molar-refractivity contribution in [2.45, 2.75) is 45.2 Å². The van der Waals surface area contributed by atoms with E-state index in [9.17, 15) is 18.3 Å². The molecule has 0 atom stereocenters. The summed E-state index contributed by atoms with van der Waals surface area (Å²) in [5.74, 6) is 0. The number of alkyl halides is 3. The molecule has 1 aliphatic carbocycles. The molecule has 0 aromatic carbocycles. The third-order valence-electron chi connectivity index (χ3n) is 3.50. The van der Waals surface area contributed by atoms with Crippen molar-refractivity contribution in [3.8, 4) is 0 Å². The first-order valence-electron chi connectivity index (χ1n) is 6.31. The first-order valence-corrected chi connectivity index (χ1v) is 6.31. The molecule has 5 heteroatoms. The Kier molecular flexibility index (Phi) is 5.25.